The first-order chi connectivity index (χ1) is 16.6. The SMILES string of the molecule is C=CCON([C@@H]1C=C[C@@H](CO[Si](C)(C)CC(C)(C)C)NC1)S(=O)(=O)c1ccc([N+](=O)[O-])cc1[N+](=O)[O-]. The zero-order valence-electron chi connectivity index (χ0n) is 21.2. The van der Waals surface area contributed by atoms with Gasteiger partial charge in [0.15, 0.2) is 13.2 Å². The molecule has 0 aromatic heterocycles. The summed E-state index contributed by atoms with van der Waals surface area (Å²) < 4.78 is 33.8. The molecule has 1 N–H and O–H groups in total. The molecule has 1 aromatic rings. The van der Waals surface area contributed by atoms with Crippen LogP contribution in [0.25, 0.3) is 0 Å². The second kappa shape index (κ2) is 11.7. The lowest BCUT2D eigenvalue weighted by molar-refractivity contribution is -0.396. The number of benzene rings is 1. The highest BCUT2D eigenvalue weighted by Crippen LogP contribution is 2.32. The Morgan fingerprint density at radius 3 is 2.39 bits per heavy atom. The van der Waals surface area contributed by atoms with Gasteiger partial charge in [0.2, 0.25) is 0 Å². The van der Waals surface area contributed by atoms with Crippen molar-refractivity contribution in [2.75, 3.05) is 19.8 Å². The minimum atomic E-state index is -4.58. The lowest BCUT2D eigenvalue weighted by Crippen LogP contribution is -2.51. The van der Waals surface area contributed by atoms with Crippen LogP contribution < -0.4 is 5.32 Å². The highest BCUT2D eigenvalue weighted by atomic mass is 32.2. The minimum Gasteiger partial charge on any atom is -0.415 e. The molecule has 0 bridgehead atoms. The molecule has 0 fully saturated rings. The monoisotopic (exact) mass is 542 g/mol. The van der Waals surface area contributed by atoms with Gasteiger partial charge in [0.25, 0.3) is 21.4 Å². The molecule has 2 atom stereocenters. The Morgan fingerprint density at radius 1 is 1.22 bits per heavy atom. The molecule has 0 amide bonds. The summed E-state index contributed by atoms with van der Waals surface area (Å²) in [4.78, 5) is 25.5. The van der Waals surface area contributed by atoms with Crippen molar-refractivity contribution in [2.45, 2.75) is 56.9 Å². The van der Waals surface area contributed by atoms with Crippen LogP contribution in [0.2, 0.25) is 19.1 Å². The van der Waals surface area contributed by atoms with Crippen molar-refractivity contribution < 1.29 is 27.5 Å². The number of nitro benzene ring substituents is 2. The van der Waals surface area contributed by atoms with Gasteiger partial charge in [0.1, 0.15) is 0 Å². The summed E-state index contributed by atoms with van der Waals surface area (Å²) >= 11 is 0. The molecule has 1 heterocycles. The molecule has 12 nitrogen and oxygen atoms in total. The van der Waals surface area contributed by atoms with Gasteiger partial charge >= 0.3 is 0 Å². The van der Waals surface area contributed by atoms with Crippen LogP contribution in [0.1, 0.15) is 20.8 Å². The second-order valence-corrected chi connectivity index (χ2v) is 16.2. The van der Waals surface area contributed by atoms with Gasteiger partial charge in [-0.05, 0) is 30.6 Å². The van der Waals surface area contributed by atoms with Gasteiger partial charge in [-0.1, -0.05) is 43.5 Å². The number of nitro groups is 2. The van der Waals surface area contributed by atoms with E-state index in [0.717, 1.165) is 18.2 Å². The molecular formula is C22H34N4O8SSi. The van der Waals surface area contributed by atoms with Crippen molar-refractivity contribution in [1.82, 2.24) is 9.79 Å². The maximum absolute atomic E-state index is 13.4. The van der Waals surface area contributed by atoms with E-state index in [0.29, 0.717) is 17.1 Å². The molecule has 1 aliphatic heterocycles. The number of sulfonamides is 1. The van der Waals surface area contributed by atoms with Crippen molar-refractivity contribution in [2.24, 2.45) is 5.41 Å². The number of rotatable bonds is 12. The van der Waals surface area contributed by atoms with E-state index in [-0.39, 0.29) is 24.6 Å². The fourth-order valence-electron chi connectivity index (χ4n) is 4.12. The van der Waals surface area contributed by atoms with Crippen molar-refractivity contribution >= 4 is 29.7 Å². The molecule has 2 rings (SSSR count). The summed E-state index contributed by atoms with van der Waals surface area (Å²) in [6.07, 6.45) is 4.76. The molecule has 0 aliphatic carbocycles. The average molecular weight is 543 g/mol. The van der Waals surface area contributed by atoms with Crippen LogP contribution in [-0.2, 0) is 19.3 Å². The van der Waals surface area contributed by atoms with E-state index < -0.39 is 50.5 Å². The lowest BCUT2D eigenvalue weighted by Gasteiger charge is -2.34. The lowest BCUT2D eigenvalue weighted by atomic mass is 10.0. The number of nitrogens with one attached hydrogen (secondary N) is 1. The molecule has 200 valence electrons. The zero-order chi connectivity index (χ0) is 27.3. The zero-order valence-corrected chi connectivity index (χ0v) is 23.0. The van der Waals surface area contributed by atoms with Gasteiger partial charge in [-0.25, -0.2) is 8.42 Å². The fraction of sp³-hybridized carbons (Fsp3) is 0.545. The third-order valence-electron chi connectivity index (χ3n) is 5.22. The summed E-state index contributed by atoms with van der Waals surface area (Å²) in [6, 6.07) is 2.36. The fourth-order valence-corrected chi connectivity index (χ4v) is 8.94. The number of hydrogen-bond donors (Lipinski definition) is 1. The summed E-state index contributed by atoms with van der Waals surface area (Å²) in [6.45, 7) is 14.7. The van der Waals surface area contributed by atoms with Gasteiger partial charge in [-0.15, -0.1) is 6.58 Å². The number of nitrogens with zero attached hydrogens (tertiary/aromatic N) is 3. The van der Waals surface area contributed by atoms with E-state index >= 15 is 0 Å². The molecular weight excluding hydrogens is 508 g/mol. The second-order valence-electron chi connectivity index (χ2n) is 10.3. The third-order valence-corrected chi connectivity index (χ3v) is 9.83. The van der Waals surface area contributed by atoms with Crippen LogP contribution >= 0.6 is 0 Å². The molecule has 14 heteroatoms. The van der Waals surface area contributed by atoms with E-state index in [1.165, 1.54) is 6.08 Å². The first-order valence-electron chi connectivity index (χ1n) is 11.3. The Bertz CT molecular complexity index is 1120. The maximum Gasteiger partial charge on any atom is 0.296 e. The Kier molecular flexibility index (Phi) is 9.67. The Labute approximate surface area is 212 Å². The molecule has 0 unspecified atom stereocenters. The van der Waals surface area contributed by atoms with Gasteiger partial charge in [-0.2, -0.15) is 0 Å². The smallest absolute Gasteiger partial charge is 0.296 e. The highest BCUT2D eigenvalue weighted by Gasteiger charge is 2.39. The average Bonchev–Trinajstić information content (AvgIpc) is 2.76. The summed E-state index contributed by atoms with van der Waals surface area (Å²) in [5.74, 6) is 0. The van der Waals surface area contributed by atoms with Crippen LogP contribution in [0.5, 0.6) is 0 Å². The summed E-state index contributed by atoms with van der Waals surface area (Å²) in [5, 5.41) is 25.8. The van der Waals surface area contributed by atoms with Crippen molar-refractivity contribution in [3.05, 3.63) is 63.2 Å². The Balaban J connectivity index is 2.28. The molecule has 1 aromatic carbocycles. The first-order valence-corrected chi connectivity index (χ1v) is 15.9. The summed E-state index contributed by atoms with van der Waals surface area (Å²) in [5.41, 5.74) is -1.37. The maximum atomic E-state index is 13.4. The van der Waals surface area contributed by atoms with Gasteiger partial charge in [0, 0.05) is 18.7 Å². The number of non-ortho nitro benzene ring substituents is 1. The van der Waals surface area contributed by atoms with E-state index in [1.807, 2.05) is 0 Å². The first kappa shape index (κ1) is 29.7. The van der Waals surface area contributed by atoms with Crippen LogP contribution in [0.15, 0.2) is 47.9 Å². The molecule has 36 heavy (non-hydrogen) atoms. The number of hydrogen-bond acceptors (Lipinski definition) is 9. The van der Waals surface area contributed by atoms with Crippen molar-refractivity contribution in [3.63, 3.8) is 0 Å². The van der Waals surface area contributed by atoms with Gasteiger partial charge in [0.05, 0.1) is 35.2 Å². The van der Waals surface area contributed by atoms with Gasteiger partial charge < -0.3 is 9.74 Å². The molecule has 0 radical (unpaired) electrons. The van der Waals surface area contributed by atoms with Crippen LogP contribution in [0.3, 0.4) is 0 Å². The Morgan fingerprint density at radius 2 is 1.89 bits per heavy atom. The van der Waals surface area contributed by atoms with E-state index in [1.54, 1.807) is 12.2 Å². The van der Waals surface area contributed by atoms with Crippen LogP contribution in [0, 0.1) is 25.6 Å². The van der Waals surface area contributed by atoms with E-state index in [9.17, 15) is 28.6 Å². The quantitative estimate of drug-likeness (QED) is 0.180. The molecule has 1 aliphatic rings. The minimum absolute atomic E-state index is 0.147. The largest absolute Gasteiger partial charge is 0.415 e. The van der Waals surface area contributed by atoms with E-state index in [2.05, 4.69) is 45.8 Å². The Hall–Kier alpha value is -2.49. The van der Waals surface area contributed by atoms with Gasteiger partial charge in [-0.3, -0.25) is 25.1 Å². The van der Waals surface area contributed by atoms with Crippen molar-refractivity contribution in [3.8, 4) is 0 Å². The molecule has 0 saturated heterocycles. The topological polar surface area (TPSA) is 154 Å². The summed E-state index contributed by atoms with van der Waals surface area (Å²) in [7, 11) is -6.49. The van der Waals surface area contributed by atoms with Crippen LogP contribution in [0.4, 0.5) is 11.4 Å². The number of hydroxylamine groups is 1. The predicted molar refractivity (Wildman–Crippen MR) is 137 cm³/mol. The van der Waals surface area contributed by atoms with Crippen LogP contribution in [-0.4, -0.2) is 62.9 Å². The molecule has 0 saturated carbocycles. The third kappa shape index (κ3) is 8.01. The molecule has 0 spiro atoms. The normalized spacial score (nSPS) is 18.8. The van der Waals surface area contributed by atoms with E-state index in [4.69, 9.17) is 9.26 Å². The highest BCUT2D eigenvalue weighted by molar-refractivity contribution is 7.89. The van der Waals surface area contributed by atoms with Crippen molar-refractivity contribution in [1.29, 1.82) is 0 Å². The standard InChI is InChI=1S/C22H34N4O8SSi/c1-7-12-33-26(35(31,32)21-11-10-18(24(27)28)13-20(21)25(29)30)19-9-8-17(23-14-19)15-34-36(5,6)16-22(2,3)4/h7-11,13,17,19,23H,1,12,14-16H2,2-6H3/t17-,19+/m0/s1. The predicted octanol–water partition coefficient (Wildman–Crippen LogP) is 3.78.